The van der Waals surface area contributed by atoms with Crippen LogP contribution in [0.2, 0.25) is 0 Å². The first-order valence-electron chi connectivity index (χ1n) is 2.42. The van der Waals surface area contributed by atoms with Crippen LogP contribution in [0.3, 0.4) is 0 Å². The molecule has 0 nitrogen and oxygen atoms in total. The lowest BCUT2D eigenvalue weighted by atomic mass is 10.4. The van der Waals surface area contributed by atoms with Gasteiger partial charge in [-0.05, 0) is 13.0 Å². The maximum absolute atomic E-state index is 3.54. The van der Waals surface area contributed by atoms with Crippen molar-refractivity contribution in [2.75, 3.05) is 0 Å². The van der Waals surface area contributed by atoms with E-state index in [9.17, 15) is 0 Å². The lowest BCUT2D eigenvalue weighted by molar-refractivity contribution is 1.72. The van der Waals surface area contributed by atoms with Crippen LogP contribution in [0.15, 0.2) is 35.4 Å². The van der Waals surface area contributed by atoms with Gasteiger partial charge in [-0.15, -0.1) is 0 Å². The van der Waals surface area contributed by atoms with Gasteiger partial charge in [0.05, 0.1) is 0 Å². The minimum atomic E-state index is 1.05. The van der Waals surface area contributed by atoms with E-state index in [2.05, 4.69) is 22.5 Å². The molecule has 0 aromatic carbocycles. The van der Waals surface area contributed by atoms with Gasteiger partial charge in [0.25, 0.3) is 0 Å². The molecule has 0 fully saturated rings. The Bertz CT molecular complexity index is 120. The molecule has 0 aromatic rings. The van der Waals surface area contributed by atoms with Gasteiger partial charge in [0.15, 0.2) is 0 Å². The van der Waals surface area contributed by atoms with Crippen molar-refractivity contribution in [3.05, 3.63) is 35.4 Å². The van der Waals surface area contributed by atoms with E-state index in [4.69, 9.17) is 0 Å². The third-order valence-electron chi connectivity index (χ3n) is 0.603. The van der Waals surface area contributed by atoms with Crippen LogP contribution in [0.4, 0.5) is 0 Å². The van der Waals surface area contributed by atoms with Crippen molar-refractivity contribution < 1.29 is 0 Å². The van der Waals surface area contributed by atoms with Gasteiger partial charge in [0.1, 0.15) is 0 Å². The molecule has 0 saturated heterocycles. The molecule has 0 unspecified atom stereocenters. The van der Waals surface area contributed by atoms with Crippen LogP contribution in [0, 0.1) is 0 Å². The second kappa shape index (κ2) is 4.85. The Kier molecular flexibility index (Phi) is 4.67. The van der Waals surface area contributed by atoms with E-state index in [0.717, 1.165) is 4.48 Å². The molecular weight excluding hydrogens is 164 g/mol. The van der Waals surface area contributed by atoms with Gasteiger partial charge < -0.3 is 0 Å². The van der Waals surface area contributed by atoms with Crippen molar-refractivity contribution in [1.82, 2.24) is 0 Å². The highest BCUT2D eigenvalue weighted by Crippen LogP contribution is 2.05. The maximum atomic E-state index is 3.54. The molecule has 0 saturated carbocycles. The smallest absolute Gasteiger partial charge is 0.0171 e. The van der Waals surface area contributed by atoms with E-state index < -0.39 is 0 Å². The van der Waals surface area contributed by atoms with Crippen molar-refractivity contribution in [1.29, 1.82) is 0 Å². The molecule has 8 heavy (non-hydrogen) atoms. The number of rotatable bonds is 2. The zero-order chi connectivity index (χ0) is 6.41. The summed E-state index contributed by atoms with van der Waals surface area (Å²) in [5, 5.41) is 0. The minimum Gasteiger partial charge on any atom is -0.0990 e. The average Bonchev–Trinajstić information content (AvgIpc) is 1.68. The van der Waals surface area contributed by atoms with Crippen LogP contribution < -0.4 is 0 Å². The lowest BCUT2D eigenvalue weighted by Crippen LogP contribution is -1.55. The minimum absolute atomic E-state index is 1.05. The third-order valence-corrected chi connectivity index (χ3v) is 1.13. The summed E-state index contributed by atoms with van der Waals surface area (Å²) in [6, 6.07) is 0. The Morgan fingerprint density at radius 1 is 1.62 bits per heavy atom. The summed E-state index contributed by atoms with van der Waals surface area (Å²) in [6.45, 7) is 5.51. The van der Waals surface area contributed by atoms with Crippen LogP contribution in [0.25, 0.3) is 0 Å². The highest BCUT2D eigenvalue weighted by Gasteiger charge is 1.74. The largest absolute Gasteiger partial charge is 0.0990 e. The summed E-state index contributed by atoms with van der Waals surface area (Å²) >= 11 is 3.30. The van der Waals surface area contributed by atoms with Crippen molar-refractivity contribution in [2.24, 2.45) is 0 Å². The van der Waals surface area contributed by atoms with E-state index in [-0.39, 0.29) is 0 Å². The van der Waals surface area contributed by atoms with Crippen LogP contribution >= 0.6 is 15.9 Å². The molecule has 0 aromatic heterocycles. The van der Waals surface area contributed by atoms with Gasteiger partial charge >= 0.3 is 0 Å². The number of halogens is 1. The Morgan fingerprint density at radius 3 is 2.62 bits per heavy atom. The molecule has 0 aliphatic rings. The first kappa shape index (κ1) is 7.70. The summed E-state index contributed by atoms with van der Waals surface area (Å²) in [4.78, 5) is 0. The summed E-state index contributed by atoms with van der Waals surface area (Å²) in [6.07, 6.45) is 7.55. The molecule has 0 N–H and O–H groups in total. The Morgan fingerprint density at radius 2 is 2.25 bits per heavy atom. The van der Waals surface area contributed by atoms with Crippen molar-refractivity contribution >= 4 is 15.9 Å². The molecule has 0 radical (unpaired) electrons. The van der Waals surface area contributed by atoms with Crippen molar-refractivity contribution in [3.63, 3.8) is 0 Å². The number of hydrogen-bond acceptors (Lipinski definition) is 0. The molecule has 0 heterocycles. The highest BCUT2D eigenvalue weighted by molar-refractivity contribution is 9.11. The normalized spacial score (nSPS) is 12.5. The quantitative estimate of drug-likeness (QED) is 0.563. The standard InChI is InChI=1S/C7H9Br/c1-3-5-7(8)6-4-2/h3-6H,1H2,2H3/b6-4-,7-5+. The van der Waals surface area contributed by atoms with Gasteiger partial charge in [-0.25, -0.2) is 0 Å². The fourth-order valence-electron chi connectivity index (χ4n) is 0.327. The van der Waals surface area contributed by atoms with E-state index in [1.807, 2.05) is 25.2 Å². The monoisotopic (exact) mass is 172 g/mol. The summed E-state index contributed by atoms with van der Waals surface area (Å²) < 4.78 is 1.05. The first-order chi connectivity index (χ1) is 3.81. The number of hydrogen-bond donors (Lipinski definition) is 0. The third kappa shape index (κ3) is 3.88. The van der Waals surface area contributed by atoms with Gasteiger partial charge in [0.2, 0.25) is 0 Å². The average molecular weight is 173 g/mol. The molecular formula is C7H9Br. The molecule has 0 bridgehead atoms. The molecule has 1 heteroatoms. The van der Waals surface area contributed by atoms with Crippen LogP contribution in [-0.2, 0) is 0 Å². The molecule has 0 atom stereocenters. The molecule has 0 aliphatic heterocycles. The van der Waals surface area contributed by atoms with Gasteiger partial charge in [-0.2, -0.15) is 0 Å². The zero-order valence-electron chi connectivity index (χ0n) is 4.89. The summed E-state index contributed by atoms with van der Waals surface area (Å²) in [5.41, 5.74) is 0. The van der Waals surface area contributed by atoms with Crippen LogP contribution in [0.5, 0.6) is 0 Å². The first-order valence-corrected chi connectivity index (χ1v) is 3.21. The van der Waals surface area contributed by atoms with Crippen molar-refractivity contribution in [2.45, 2.75) is 6.92 Å². The van der Waals surface area contributed by atoms with Gasteiger partial charge in [0, 0.05) is 4.48 Å². The summed E-state index contributed by atoms with van der Waals surface area (Å²) in [5.74, 6) is 0. The predicted molar refractivity (Wildman–Crippen MR) is 42.0 cm³/mol. The SMILES string of the molecule is C=C/C=C(Br)\C=C/C. The molecule has 44 valence electrons. The number of allylic oxidation sites excluding steroid dienone is 5. The molecule has 0 aliphatic carbocycles. The Balaban J connectivity index is 3.79. The van der Waals surface area contributed by atoms with Crippen LogP contribution in [-0.4, -0.2) is 0 Å². The second-order valence-corrected chi connectivity index (χ2v) is 2.20. The highest BCUT2D eigenvalue weighted by atomic mass is 79.9. The van der Waals surface area contributed by atoms with Gasteiger partial charge in [-0.1, -0.05) is 40.7 Å². The van der Waals surface area contributed by atoms with E-state index in [0.29, 0.717) is 0 Å². The fourth-order valence-corrected chi connectivity index (χ4v) is 0.779. The summed E-state index contributed by atoms with van der Waals surface area (Å²) in [7, 11) is 0. The van der Waals surface area contributed by atoms with E-state index in [1.165, 1.54) is 0 Å². The molecule has 0 rings (SSSR count). The van der Waals surface area contributed by atoms with Gasteiger partial charge in [-0.3, -0.25) is 0 Å². The van der Waals surface area contributed by atoms with Crippen molar-refractivity contribution in [3.8, 4) is 0 Å². The second-order valence-electron chi connectivity index (χ2n) is 1.29. The topological polar surface area (TPSA) is 0 Å². The maximum Gasteiger partial charge on any atom is 0.0171 e. The lowest BCUT2D eigenvalue weighted by Gasteiger charge is -1.80. The predicted octanol–water partition coefficient (Wildman–Crippen LogP) is 3.03. The van der Waals surface area contributed by atoms with Crippen LogP contribution in [0.1, 0.15) is 6.92 Å². The fraction of sp³-hybridized carbons (Fsp3) is 0.143. The zero-order valence-corrected chi connectivity index (χ0v) is 6.48. The Labute approximate surface area is 58.7 Å². The van der Waals surface area contributed by atoms with E-state index in [1.54, 1.807) is 6.08 Å². The molecule has 0 spiro atoms. The molecule has 0 amide bonds. The van der Waals surface area contributed by atoms with E-state index >= 15 is 0 Å². The Hall–Kier alpha value is -0.300.